The van der Waals surface area contributed by atoms with Gasteiger partial charge in [-0.15, -0.1) is 16.8 Å². The smallest absolute Gasteiger partial charge is 0.191 e. The quantitative estimate of drug-likeness (QED) is 0.288. The highest BCUT2D eigenvalue weighted by Crippen LogP contribution is 2.26. The van der Waals surface area contributed by atoms with Crippen molar-refractivity contribution in [3.8, 4) is 22.9 Å². The molecule has 0 saturated heterocycles. The first-order valence-corrected chi connectivity index (χ1v) is 9.77. The van der Waals surface area contributed by atoms with Gasteiger partial charge in [0, 0.05) is 22.9 Å². The van der Waals surface area contributed by atoms with Gasteiger partial charge in [0.2, 0.25) is 0 Å². The van der Waals surface area contributed by atoms with Gasteiger partial charge in [0.15, 0.2) is 11.0 Å². The number of nitrogens with zero attached hydrogens (tertiary/aromatic N) is 3. The minimum Gasteiger partial charge on any atom is -0.497 e. The van der Waals surface area contributed by atoms with Crippen LogP contribution in [0, 0.1) is 0 Å². The highest BCUT2D eigenvalue weighted by molar-refractivity contribution is 7.99. The van der Waals surface area contributed by atoms with Gasteiger partial charge in [-0.3, -0.25) is 4.57 Å². The second-order valence-electron chi connectivity index (χ2n) is 5.59. The van der Waals surface area contributed by atoms with Crippen molar-refractivity contribution >= 4 is 23.4 Å². The van der Waals surface area contributed by atoms with E-state index in [1.807, 2.05) is 53.1 Å². The Hall–Kier alpha value is -2.44. The molecule has 7 heteroatoms. The third-order valence-electron chi connectivity index (χ3n) is 3.76. The van der Waals surface area contributed by atoms with Crippen molar-refractivity contribution in [2.75, 3.05) is 19.5 Å². The van der Waals surface area contributed by atoms with Crippen molar-refractivity contribution in [2.24, 2.45) is 0 Å². The van der Waals surface area contributed by atoms with E-state index in [4.69, 9.17) is 21.1 Å². The monoisotopic (exact) mass is 401 g/mol. The number of ether oxygens (including phenoxy) is 2. The Labute approximate surface area is 168 Å². The van der Waals surface area contributed by atoms with Crippen LogP contribution in [0.15, 0.2) is 66.3 Å². The fourth-order valence-electron chi connectivity index (χ4n) is 2.49. The molecule has 1 aromatic heterocycles. The lowest BCUT2D eigenvalue weighted by Crippen LogP contribution is -2.04. The first kappa shape index (κ1) is 19.3. The van der Waals surface area contributed by atoms with Crippen molar-refractivity contribution in [2.45, 2.75) is 11.7 Å². The van der Waals surface area contributed by atoms with Crippen molar-refractivity contribution in [3.63, 3.8) is 0 Å². The Morgan fingerprint density at radius 2 is 1.96 bits per heavy atom. The van der Waals surface area contributed by atoms with Crippen LogP contribution < -0.4 is 9.47 Å². The minimum absolute atomic E-state index is 0.545. The molecule has 2 aromatic carbocycles. The average molecular weight is 402 g/mol. The molecule has 0 aliphatic heterocycles. The summed E-state index contributed by atoms with van der Waals surface area (Å²) in [6.45, 7) is 5.02. The van der Waals surface area contributed by atoms with Gasteiger partial charge in [0.1, 0.15) is 11.5 Å². The summed E-state index contributed by atoms with van der Waals surface area (Å²) in [7, 11) is 1.65. The molecular formula is C20H20ClN3O2S. The Morgan fingerprint density at radius 1 is 1.15 bits per heavy atom. The number of allylic oxidation sites excluding steroid dienone is 1. The van der Waals surface area contributed by atoms with Gasteiger partial charge in [0.25, 0.3) is 0 Å². The number of thioether (sulfide) groups is 1. The maximum Gasteiger partial charge on any atom is 0.191 e. The lowest BCUT2D eigenvalue weighted by molar-refractivity contribution is 0.344. The molecular weight excluding hydrogens is 382 g/mol. The predicted molar refractivity (Wildman–Crippen MR) is 110 cm³/mol. The van der Waals surface area contributed by atoms with Crippen molar-refractivity contribution in [1.82, 2.24) is 14.8 Å². The van der Waals surface area contributed by atoms with Gasteiger partial charge in [-0.05, 0) is 42.5 Å². The Kier molecular flexibility index (Phi) is 6.79. The SMILES string of the molecule is C=CCn1c(SCCOc2cccc(Cl)c2)nnc1-c1ccc(OC)cc1. The molecule has 0 saturated carbocycles. The van der Waals surface area contributed by atoms with E-state index in [9.17, 15) is 0 Å². The van der Waals surface area contributed by atoms with Crippen LogP contribution in [0.2, 0.25) is 5.02 Å². The van der Waals surface area contributed by atoms with Crippen LogP contribution in [0.1, 0.15) is 0 Å². The molecule has 3 rings (SSSR count). The van der Waals surface area contributed by atoms with Crippen LogP contribution in [-0.2, 0) is 6.54 Å². The molecule has 0 fully saturated rings. The second-order valence-corrected chi connectivity index (χ2v) is 7.09. The first-order valence-electron chi connectivity index (χ1n) is 8.41. The predicted octanol–water partition coefficient (Wildman–Crippen LogP) is 4.96. The van der Waals surface area contributed by atoms with Crippen LogP contribution in [-0.4, -0.2) is 34.2 Å². The van der Waals surface area contributed by atoms with Gasteiger partial charge < -0.3 is 9.47 Å². The zero-order chi connectivity index (χ0) is 19.1. The lowest BCUT2D eigenvalue weighted by atomic mass is 10.2. The molecule has 0 radical (unpaired) electrons. The van der Waals surface area contributed by atoms with Gasteiger partial charge in [-0.2, -0.15) is 0 Å². The van der Waals surface area contributed by atoms with Gasteiger partial charge >= 0.3 is 0 Å². The van der Waals surface area contributed by atoms with Crippen molar-refractivity contribution in [1.29, 1.82) is 0 Å². The highest BCUT2D eigenvalue weighted by atomic mass is 35.5. The number of hydrogen-bond acceptors (Lipinski definition) is 5. The van der Waals surface area contributed by atoms with E-state index in [1.165, 1.54) is 0 Å². The molecule has 0 bridgehead atoms. The molecule has 0 unspecified atom stereocenters. The molecule has 5 nitrogen and oxygen atoms in total. The molecule has 0 aliphatic rings. The third-order valence-corrected chi connectivity index (χ3v) is 4.92. The molecule has 1 heterocycles. The number of hydrogen-bond donors (Lipinski definition) is 0. The Bertz CT molecular complexity index is 896. The third kappa shape index (κ3) is 5.05. The molecule has 0 N–H and O–H groups in total. The molecule has 0 atom stereocenters. The molecule has 0 aliphatic carbocycles. The summed E-state index contributed by atoms with van der Waals surface area (Å²) in [4.78, 5) is 0. The molecule has 27 heavy (non-hydrogen) atoms. The topological polar surface area (TPSA) is 49.2 Å². The average Bonchev–Trinajstić information content (AvgIpc) is 3.08. The Morgan fingerprint density at radius 3 is 2.67 bits per heavy atom. The van der Waals surface area contributed by atoms with Crippen LogP contribution in [0.3, 0.4) is 0 Å². The van der Waals surface area contributed by atoms with Crippen molar-refractivity contribution < 1.29 is 9.47 Å². The minimum atomic E-state index is 0.545. The summed E-state index contributed by atoms with van der Waals surface area (Å²) in [5, 5.41) is 10.2. The molecule has 0 amide bonds. The van der Waals surface area contributed by atoms with Crippen molar-refractivity contribution in [3.05, 3.63) is 66.2 Å². The molecule has 0 spiro atoms. The highest BCUT2D eigenvalue weighted by Gasteiger charge is 2.13. The normalized spacial score (nSPS) is 10.6. The van der Waals surface area contributed by atoms with E-state index >= 15 is 0 Å². The number of methoxy groups -OCH3 is 1. The van der Waals surface area contributed by atoms with Gasteiger partial charge in [-0.1, -0.05) is 35.5 Å². The van der Waals surface area contributed by atoms with E-state index in [0.29, 0.717) is 18.2 Å². The van der Waals surface area contributed by atoms with Crippen LogP contribution >= 0.6 is 23.4 Å². The van der Waals surface area contributed by atoms with Crippen LogP contribution in [0.5, 0.6) is 11.5 Å². The molecule has 140 valence electrons. The maximum absolute atomic E-state index is 5.97. The summed E-state index contributed by atoms with van der Waals surface area (Å²) in [5.74, 6) is 3.11. The van der Waals surface area contributed by atoms with Gasteiger partial charge in [0.05, 0.1) is 13.7 Å². The number of halogens is 1. The summed E-state index contributed by atoms with van der Waals surface area (Å²) < 4.78 is 13.0. The summed E-state index contributed by atoms with van der Waals surface area (Å²) >= 11 is 7.56. The zero-order valence-electron chi connectivity index (χ0n) is 15.0. The maximum atomic E-state index is 5.97. The van der Waals surface area contributed by atoms with Crippen LogP contribution in [0.4, 0.5) is 0 Å². The summed E-state index contributed by atoms with van der Waals surface area (Å²) in [6.07, 6.45) is 1.84. The van der Waals surface area contributed by atoms with E-state index in [-0.39, 0.29) is 0 Å². The van der Waals surface area contributed by atoms with E-state index in [0.717, 1.165) is 33.8 Å². The fourth-order valence-corrected chi connectivity index (χ4v) is 3.44. The van der Waals surface area contributed by atoms with Crippen LogP contribution in [0.25, 0.3) is 11.4 Å². The van der Waals surface area contributed by atoms with Gasteiger partial charge in [-0.25, -0.2) is 0 Å². The largest absolute Gasteiger partial charge is 0.497 e. The molecule has 3 aromatic rings. The lowest BCUT2D eigenvalue weighted by Gasteiger charge is -2.09. The second kappa shape index (κ2) is 9.48. The number of rotatable bonds is 9. The number of aromatic nitrogens is 3. The fraction of sp³-hybridized carbons (Fsp3) is 0.200. The van der Waals surface area contributed by atoms with E-state index in [1.54, 1.807) is 24.9 Å². The van der Waals surface area contributed by atoms with E-state index < -0.39 is 0 Å². The zero-order valence-corrected chi connectivity index (χ0v) is 16.5. The standard InChI is InChI=1S/C20H20ClN3O2S/c1-3-11-24-19(15-7-9-17(25-2)10-8-15)22-23-20(24)27-13-12-26-18-6-4-5-16(21)14-18/h3-10,14H,1,11-13H2,2H3. The number of benzene rings is 2. The van der Waals surface area contributed by atoms with E-state index in [2.05, 4.69) is 16.8 Å². The summed E-state index contributed by atoms with van der Waals surface area (Å²) in [6, 6.07) is 15.1. The first-order chi connectivity index (χ1) is 13.2. The Balaban J connectivity index is 1.66. The summed E-state index contributed by atoms with van der Waals surface area (Å²) in [5.41, 5.74) is 0.979.